The van der Waals surface area contributed by atoms with Crippen LogP contribution in [0.15, 0.2) is 97.5 Å². The molecule has 2 aromatic carbocycles. The fraction of sp³-hybridized carbons (Fsp3) is 0.362. The topological polar surface area (TPSA) is 199 Å². The maximum absolute atomic E-state index is 14.1. The third-order valence-corrected chi connectivity index (χ3v) is 12.0. The Morgan fingerprint density at radius 1 is 1.05 bits per heavy atom. The molecule has 2 atom stereocenters. The van der Waals surface area contributed by atoms with Crippen molar-refractivity contribution in [3.05, 3.63) is 114 Å². The van der Waals surface area contributed by atoms with E-state index in [1.165, 1.54) is 0 Å². The highest BCUT2D eigenvalue weighted by Crippen LogP contribution is 2.35. The number of nitrogens with one attached hydrogen (secondary N) is 3. The van der Waals surface area contributed by atoms with Gasteiger partial charge in [-0.3, -0.25) is 10.2 Å². The molecule has 16 nitrogen and oxygen atoms in total. The van der Waals surface area contributed by atoms with E-state index in [-0.39, 0.29) is 42.7 Å². The second-order valence-corrected chi connectivity index (χ2v) is 16.3. The van der Waals surface area contributed by atoms with E-state index in [0.29, 0.717) is 54.5 Å². The number of nitrogens with two attached hydrogens (primary N) is 1. The van der Waals surface area contributed by atoms with Crippen molar-refractivity contribution in [2.45, 2.75) is 77.0 Å². The van der Waals surface area contributed by atoms with Gasteiger partial charge in [-0.1, -0.05) is 31.7 Å². The molecule has 8 rings (SSSR count). The second kappa shape index (κ2) is 19.0. The van der Waals surface area contributed by atoms with Gasteiger partial charge in [0.25, 0.3) is 5.91 Å². The minimum Gasteiger partial charge on any atom is -0.503 e. The maximum Gasteiger partial charge on any atom is 0.255 e. The lowest BCUT2D eigenvalue weighted by Crippen LogP contribution is -2.44. The number of piperidine rings is 2. The number of nitrogens with zero attached hydrogens (tertiary/aromatic N) is 8. The van der Waals surface area contributed by atoms with Crippen molar-refractivity contribution in [2.75, 3.05) is 48.8 Å². The molecule has 2 saturated heterocycles. The summed E-state index contributed by atoms with van der Waals surface area (Å²) in [5.41, 5.74) is 11.0. The van der Waals surface area contributed by atoms with Crippen molar-refractivity contribution in [3.63, 3.8) is 0 Å². The number of aryl methyl sites for hydroxylation is 1. The molecule has 6 aromatic rings. The van der Waals surface area contributed by atoms with Crippen LogP contribution in [0.4, 0.5) is 17.5 Å². The third kappa shape index (κ3) is 9.31. The summed E-state index contributed by atoms with van der Waals surface area (Å²) in [5.74, 6) is 3.40. The number of hydrogen-bond donors (Lipinski definition) is 6. The van der Waals surface area contributed by atoms with E-state index in [2.05, 4.69) is 34.1 Å². The number of ether oxygens (including phenoxy) is 1. The van der Waals surface area contributed by atoms with Crippen LogP contribution in [0.1, 0.15) is 68.2 Å². The van der Waals surface area contributed by atoms with Crippen LogP contribution in [-0.4, -0.2) is 90.6 Å². The van der Waals surface area contributed by atoms with E-state index < -0.39 is 0 Å². The minimum absolute atomic E-state index is 0.0642. The van der Waals surface area contributed by atoms with Crippen LogP contribution in [0.3, 0.4) is 0 Å². The molecule has 1 amide bonds. The third-order valence-electron chi connectivity index (χ3n) is 12.0. The zero-order valence-corrected chi connectivity index (χ0v) is 36.0. The first-order valence-electron chi connectivity index (χ1n) is 21.8. The first kappa shape index (κ1) is 42.7. The molecule has 0 aliphatic carbocycles. The molecule has 2 fully saturated rings. The normalized spacial score (nSPS) is 16.6. The van der Waals surface area contributed by atoms with E-state index in [1.807, 2.05) is 82.3 Å². The zero-order chi connectivity index (χ0) is 44.0. The van der Waals surface area contributed by atoms with E-state index in [1.54, 1.807) is 28.8 Å². The molecule has 4 aromatic heterocycles. The molecule has 0 saturated carbocycles. The number of likely N-dealkylation sites (tertiary alicyclic amines) is 1. The van der Waals surface area contributed by atoms with E-state index >= 15 is 0 Å². The Morgan fingerprint density at radius 2 is 1.84 bits per heavy atom. The number of anilines is 3. The number of amides is 1. The van der Waals surface area contributed by atoms with Gasteiger partial charge >= 0.3 is 0 Å². The van der Waals surface area contributed by atoms with E-state index in [9.17, 15) is 15.0 Å². The van der Waals surface area contributed by atoms with Gasteiger partial charge in [-0.05, 0) is 87.4 Å². The fourth-order valence-electron chi connectivity index (χ4n) is 8.89. The van der Waals surface area contributed by atoms with Crippen molar-refractivity contribution in [1.82, 2.24) is 29.3 Å². The first-order chi connectivity index (χ1) is 30.6. The maximum atomic E-state index is 14.1. The lowest BCUT2D eigenvalue weighted by molar-refractivity contribution is -0.689. The Bertz CT molecular complexity index is 2590. The predicted octanol–water partition coefficient (Wildman–Crippen LogP) is 6.04. The van der Waals surface area contributed by atoms with Gasteiger partial charge in [0.15, 0.2) is 24.1 Å². The Morgan fingerprint density at radius 3 is 2.59 bits per heavy atom. The summed E-state index contributed by atoms with van der Waals surface area (Å²) in [5, 5.41) is 45.6. The number of aliphatic hydroxyl groups excluding tert-OH is 1. The molecule has 6 heterocycles. The van der Waals surface area contributed by atoms with Gasteiger partial charge in [-0.25, -0.2) is 9.67 Å². The molecule has 2 aliphatic heterocycles. The number of rotatable bonds is 16. The molecular formula is C47H57N12O4+. The summed E-state index contributed by atoms with van der Waals surface area (Å²) in [6, 6.07) is 20.8. The van der Waals surface area contributed by atoms with Gasteiger partial charge in [0.05, 0.1) is 23.4 Å². The average molecular weight is 854 g/mol. The highest BCUT2D eigenvalue weighted by Gasteiger charge is 2.32. The SMILES string of the molecule is C=C(C[n+]1cc(O)cc(CNc2cc(N3CCCCC3CCO)nc3c(CC)cnn23)c1)C(=O)N1CCCC(n2nc(-c3ccc(Oc4ccccc4)cc3)c(C(=N)N)c2NC)C1. The van der Waals surface area contributed by atoms with Crippen molar-refractivity contribution in [1.29, 1.82) is 5.41 Å². The van der Waals surface area contributed by atoms with Gasteiger partial charge < -0.3 is 41.1 Å². The number of hydrogen-bond acceptors (Lipinski definition) is 11. The van der Waals surface area contributed by atoms with Crippen LogP contribution < -0.4 is 30.6 Å². The minimum atomic E-state index is -0.185. The number of pyridine rings is 1. The molecule has 0 spiro atoms. The van der Waals surface area contributed by atoms with Crippen LogP contribution in [0, 0.1) is 5.41 Å². The molecule has 0 bridgehead atoms. The van der Waals surface area contributed by atoms with E-state index in [4.69, 9.17) is 26.0 Å². The van der Waals surface area contributed by atoms with Crippen LogP contribution in [0.5, 0.6) is 17.2 Å². The van der Waals surface area contributed by atoms with Crippen LogP contribution >= 0.6 is 0 Å². The van der Waals surface area contributed by atoms with Crippen molar-refractivity contribution >= 4 is 34.8 Å². The van der Waals surface area contributed by atoms with Gasteiger partial charge in [0, 0.05) is 68.6 Å². The number of fused-ring (bicyclic) bond motifs is 1. The Hall–Kier alpha value is -6.94. The second-order valence-electron chi connectivity index (χ2n) is 16.3. The highest BCUT2D eigenvalue weighted by molar-refractivity contribution is 6.05. The highest BCUT2D eigenvalue weighted by atomic mass is 16.5. The molecule has 16 heteroatoms. The van der Waals surface area contributed by atoms with Gasteiger partial charge in [0.2, 0.25) is 6.20 Å². The summed E-state index contributed by atoms with van der Waals surface area (Å²) in [6.07, 6.45) is 11.6. The molecule has 63 heavy (non-hydrogen) atoms. The number of benzene rings is 2. The van der Waals surface area contributed by atoms with E-state index in [0.717, 1.165) is 84.8 Å². The summed E-state index contributed by atoms with van der Waals surface area (Å²) in [7, 11) is 1.78. The number of aliphatic hydroxyl groups is 1. The average Bonchev–Trinajstić information content (AvgIpc) is 3.91. The lowest BCUT2D eigenvalue weighted by Gasteiger charge is -2.36. The van der Waals surface area contributed by atoms with Crippen LogP contribution in [0.25, 0.3) is 16.9 Å². The summed E-state index contributed by atoms with van der Waals surface area (Å²) in [4.78, 5) is 23.2. The number of amidine groups is 1. The van der Waals surface area contributed by atoms with Crippen molar-refractivity contribution in [3.8, 4) is 28.5 Å². The quantitative estimate of drug-likeness (QED) is 0.0287. The number of carbonyl (C=O) groups is 1. The Balaban J connectivity index is 0.959. The molecule has 7 N–H and O–H groups in total. The smallest absolute Gasteiger partial charge is 0.255 e. The first-order valence-corrected chi connectivity index (χ1v) is 21.8. The van der Waals surface area contributed by atoms with Crippen LogP contribution in [-0.2, 0) is 24.3 Å². The number of aromatic nitrogens is 6. The molecule has 2 aliphatic rings. The summed E-state index contributed by atoms with van der Waals surface area (Å²) < 4.78 is 11.5. The predicted molar refractivity (Wildman–Crippen MR) is 243 cm³/mol. The number of nitrogen functional groups attached to an aromatic ring is 1. The summed E-state index contributed by atoms with van der Waals surface area (Å²) >= 11 is 0. The van der Waals surface area contributed by atoms with Crippen molar-refractivity contribution < 1.29 is 24.3 Å². The zero-order valence-electron chi connectivity index (χ0n) is 36.0. The van der Waals surface area contributed by atoms with Crippen LogP contribution in [0.2, 0.25) is 0 Å². The van der Waals surface area contributed by atoms with Crippen molar-refractivity contribution in [2.24, 2.45) is 5.73 Å². The monoisotopic (exact) mass is 853 g/mol. The molecule has 2 unspecified atom stereocenters. The molecule has 0 radical (unpaired) electrons. The molecule has 328 valence electrons. The fourth-order valence-corrected chi connectivity index (χ4v) is 8.89. The van der Waals surface area contributed by atoms with Gasteiger partial charge in [0.1, 0.15) is 40.5 Å². The Labute approximate surface area is 367 Å². The number of para-hydroxylation sites is 1. The Kier molecular flexibility index (Phi) is 12.9. The largest absolute Gasteiger partial charge is 0.503 e. The standard InChI is InChI=1S/C47H56N12O4/c1-4-33-26-52-59-40(24-41(53-45(33)59)57-21-9-8-11-35(57)19-22-60)51-25-32-23-37(61)30-55(28-32)27-31(2)47(62)56-20-10-12-36(29-56)58-46(50-3)42(44(48)49)43(54-58)34-15-17-39(18-16-34)63-38-13-6-5-7-14-38/h5-7,13-18,23-24,26,28,30,35-36,60H,2,4,8-12,19-22,25,27,29H2,1,3H3,(H5-,48,49,50,51,52,53,54,61)/p+1. The van der Waals surface area contributed by atoms with Gasteiger partial charge in [-0.2, -0.15) is 19.3 Å². The summed E-state index contributed by atoms with van der Waals surface area (Å²) in [6.45, 7) is 8.80. The van der Waals surface area contributed by atoms with Gasteiger partial charge in [-0.15, -0.1) is 0 Å². The lowest BCUT2D eigenvalue weighted by atomic mass is 9.99. The number of aromatic hydroxyl groups is 1. The number of carbonyl (C=O) groups excluding carboxylic acids is 1. The molecular weight excluding hydrogens is 797 g/mol.